The Bertz CT molecular complexity index is 1050. The van der Waals surface area contributed by atoms with Gasteiger partial charge in [-0.15, -0.1) is 12.4 Å². The number of nitrogens with zero attached hydrogens (tertiary/aromatic N) is 1. The second-order valence-electron chi connectivity index (χ2n) is 5.90. The van der Waals surface area contributed by atoms with Crippen molar-refractivity contribution < 1.29 is 24.2 Å². The van der Waals surface area contributed by atoms with Crippen molar-refractivity contribution in [2.75, 3.05) is 28.4 Å². The molecule has 8 heteroatoms. The van der Waals surface area contributed by atoms with E-state index in [-0.39, 0.29) is 12.4 Å². The standard InChI is InChI=1S/C20H21NO6.ClH/c1-24-16-6-5-12(8-17(16)25-2)7-15-14-11-19(27-4)18(26-3)9-13(14)10-20(22)21(15)23;/h5-6,8-11,23H,7H2,1-4H3;1H. The van der Waals surface area contributed by atoms with E-state index < -0.39 is 5.56 Å². The largest absolute Gasteiger partial charge is 0.493 e. The normalized spacial score (nSPS) is 10.3. The molecule has 150 valence electrons. The first kappa shape index (κ1) is 21.2. The van der Waals surface area contributed by atoms with Crippen molar-refractivity contribution in [2.24, 2.45) is 0 Å². The molecule has 0 aliphatic heterocycles. The summed E-state index contributed by atoms with van der Waals surface area (Å²) >= 11 is 0. The average Bonchev–Trinajstić information content (AvgIpc) is 2.70. The van der Waals surface area contributed by atoms with Crippen LogP contribution < -0.4 is 24.5 Å². The van der Waals surface area contributed by atoms with E-state index in [4.69, 9.17) is 18.9 Å². The molecule has 0 bridgehead atoms. The van der Waals surface area contributed by atoms with Gasteiger partial charge in [-0.05, 0) is 35.2 Å². The summed E-state index contributed by atoms with van der Waals surface area (Å²) in [6.45, 7) is 0. The fourth-order valence-corrected chi connectivity index (χ4v) is 3.06. The van der Waals surface area contributed by atoms with Crippen molar-refractivity contribution in [3.05, 3.63) is 58.0 Å². The van der Waals surface area contributed by atoms with Gasteiger partial charge in [0.05, 0.1) is 34.1 Å². The molecule has 1 heterocycles. The third-order valence-corrected chi connectivity index (χ3v) is 4.43. The maximum Gasteiger partial charge on any atom is 0.283 e. The number of halogens is 1. The Labute approximate surface area is 168 Å². The van der Waals surface area contributed by atoms with Gasteiger partial charge >= 0.3 is 0 Å². The van der Waals surface area contributed by atoms with Crippen molar-refractivity contribution in [2.45, 2.75) is 6.42 Å². The monoisotopic (exact) mass is 407 g/mol. The summed E-state index contributed by atoms with van der Waals surface area (Å²) in [6, 6.07) is 10.3. The van der Waals surface area contributed by atoms with Gasteiger partial charge in [-0.25, -0.2) is 0 Å². The minimum absolute atomic E-state index is 0. The number of ether oxygens (including phenoxy) is 4. The smallest absolute Gasteiger partial charge is 0.283 e. The van der Waals surface area contributed by atoms with Crippen LogP contribution in [-0.2, 0) is 6.42 Å². The summed E-state index contributed by atoms with van der Waals surface area (Å²) in [5.41, 5.74) is 0.757. The van der Waals surface area contributed by atoms with Crippen LogP contribution in [0.5, 0.6) is 23.0 Å². The van der Waals surface area contributed by atoms with Crippen LogP contribution in [-0.4, -0.2) is 38.4 Å². The zero-order valence-corrected chi connectivity index (χ0v) is 16.8. The Morgan fingerprint density at radius 1 is 0.821 bits per heavy atom. The number of fused-ring (bicyclic) bond motifs is 1. The van der Waals surface area contributed by atoms with Crippen molar-refractivity contribution in [1.29, 1.82) is 0 Å². The third kappa shape index (κ3) is 3.80. The summed E-state index contributed by atoms with van der Waals surface area (Å²) in [5, 5.41) is 11.7. The maximum absolute atomic E-state index is 12.2. The molecule has 0 unspecified atom stereocenters. The predicted octanol–water partition coefficient (Wildman–Crippen LogP) is 3.29. The van der Waals surface area contributed by atoms with Gasteiger partial charge < -0.3 is 24.2 Å². The number of rotatable bonds is 6. The van der Waals surface area contributed by atoms with Crippen LogP contribution in [0, 0.1) is 0 Å². The predicted molar refractivity (Wildman–Crippen MR) is 108 cm³/mol. The number of benzene rings is 2. The summed E-state index contributed by atoms with van der Waals surface area (Å²) in [4.78, 5) is 12.2. The van der Waals surface area contributed by atoms with Gasteiger partial charge in [-0.3, -0.25) is 4.79 Å². The van der Waals surface area contributed by atoms with E-state index >= 15 is 0 Å². The number of hydrogen-bond acceptors (Lipinski definition) is 6. The molecular weight excluding hydrogens is 386 g/mol. The zero-order valence-electron chi connectivity index (χ0n) is 16.0. The van der Waals surface area contributed by atoms with Crippen LogP contribution in [0.3, 0.4) is 0 Å². The molecule has 0 fully saturated rings. The van der Waals surface area contributed by atoms with E-state index in [2.05, 4.69) is 0 Å². The molecule has 0 saturated carbocycles. The molecule has 0 aliphatic carbocycles. The Kier molecular flexibility index (Phi) is 6.64. The van der Waals surface area contributed by atoms with E-state index in [1.165, 1.54) is 20.3 Å². The van der Waals surface area contributed by atoms with Gasteiger partial charge in [-0.1, -0.05) is 6.07 Å². The van der Waals surface area contributed by atoms with Crippen molar-refractivity contribution in [3.63, 3.8) is 0 Å². The van der Waals surface area contributed by atoms with E-state index in [1.54, 1.807) is 32.4 Å². The van der Waals surface area contributed by atoms with Crippen LogP contribution in [0.25, 0.3) is 10.8 Å². The highest BCUT2D eigenvalue weighted by molar-refractivity contribution is 5.88. The number of aromatic nitrogens is 1. The van der Waals surface area contributed by atoms with E-state index in [0.29, 0.717) is 50.6 Å². The second kappa shape index (κ2) is 8.75. The Hall–Kier alpha value is -3.06. The molecule has 0 saturated heterocycles. The van der Waals surface area contributed by atoms with E-state index in [0.717, 1.165) is 5.56 Å². The van der Waals surface area contributed by atoms with Gasteiger partial charge in [0, 0.05) is 17.9 Å². The lowest BCUT2D eigenvalue weighted by molar-refractivity contribution is 0.168. The van der Waals surface area contributed by atoms with Gasteiger partial charge in [0.1, 0.15) is 0 Å². The molecule has 3 aromatic rings. The molecule has 0 spiro atoms. The molecule has 7 nitrogen and oxygen atoms in total. The fourth-order valence-electron chi connectivity index (χ4n) is 3.06. The lowest BCUT2D eigenvalue weighted by Gasteiger charge is -2.15. The lowest BCUT2D eigenvalue weighted by atomic mass is 10.0. The summed E-state index contributed by atoms with van der Waals surface area (Å²) in [7, 11) is 6.18. The van der Waals surface area contributed by atoms with Gasteiger partial charge in [0.25, 0.3) is 5.56 Å². The third-order valence-electron chi connectivity index (χ3n) is 4.43. The van der Waals surface area contributed by atoms with Crippen molar-refractivity contribution in [3.8, 4) is 23.0 Å². The minimum Gasteiger partial charge on any atom is -0.493 e. The first-order chi connectivity index (χ1) is 13.0. The highest BCUT2D eigenvalue weighted by Crippen LogP contribution is 2.34. The number of pyridine rings is 1. The topological polar surface area (TPSA) is 79.2 Å². The van der Waals surface area contributed by atoms with Crippen molar-refractivity contribution >= 4 is 23.2 Å². The minimum atomic E-state index is -0.523. The first-order valence-corrected chi connectivity index (χ1v) is 8.23. The van der Waals surface area contributed by atoms with Crippen LogP contribution in [0.2, 0.25) is 0 Å². The quantitative estimate of drug-likeness (QED) is 0.632. The Morgan fingerprint density at radius 3 is 2.00 bits per heavy atom. The molecule has 0 radical (unpaired) electrons. The van der Waals surface area contributed by atoms with Gasteiger partial charge in [-0.2, -0.15) is 4.73 Å². The first-order valence-electron chi connectivity index (χ1n) is 8.23. The molecule has 2 aromatic carbocycles. The van der Waals surface area contributed by atoms with Crippen LogP contribution in [0.4, 0.5) is 0 Å². The molecular formula is C20H22ClNO6. The van der Waals surface area contributed by atoms with Gasteiger partial charge in [0.2, 0.25) is 0 Å². The van der Waals surface area contributed by atoms with E-state index in [1.807, 2.05) is 12.1 Å². The molecule has 3 rings (SSSR count). The highest BCUT2D eigenvalue weighted by Gasteiger charge is 2.15. The molecule has 0 atom stereocenters. The Morgan fingerprint density at radius 2 is 1.39 bits per heavy atom. The fraction of sp³-hybridized carbons (Fsp3) is 0.250. The highest BCUT2D eigenvalue weighted by atomic mass is 35.5. The average molecular weight is 408 g/mol. The van der Waals surface area contributed by atoms with Crippen LogP contribution in [0.1, 0.15) is 11.3 Å². The number of hydrogen-bond donors (Lipinski definition) is 1. The second-order valence-corrected chi connectivity index (χ2v) is 5.90. The molecule has 28 heavy (non-hydrogen) atoms. The zero-order chi connectivity index (χ0) is 19.6. The summed E-state index contributed by atoms with van der Waals surface area (Å²) < 4.78 is 21.9. The van der Waals surface area contributed by atoms with Crippen LogP contribution >= 0.6 is 12.4 Å². The summed E-state index contributed by atoms with van der Waals surface area (Å²) in [5.74, 6) is 2.20. The SMILES string of the molecule is COc1ccc(Cc2c3cc(OC)c(OC)cc3cc(=O)n2O)cc1OC.Cl. The molecule has 0 aliphatic rings. The van der Waals surface area contributed by atoms with Gasteiger partial charge in [0.15, 0.2) is 23.0 Å². The molecule has 0 amide bonds. The van der Waals surface area contributed by atoms with Crippen LogP contribution in [0.15, 0.2) is 41.2 Å². The Balaban J connectivity index is 0.00000280. The van der Waals surface area contributed by atoms with Crippen molar-refractivity contribution in [1.82, 2.24) is 4.73 Å². The van der Waals surface area contributed by atoms with E-state index in [9.17, 15) is 10.0 Å². The maximum atomic E-state index is 12.2. The molecule has 1 aromatic heterocycles. The summed E-state index contributed by atoms with van der Waals surface area (Å²) in [6.07, 6.45) is 0.304. The lowest BCUT2D eigenvalue weighted by Crippen LogP contribution is -2.21. The molecule has 1 N–H and O–H groups in total. The number of methoxy groups -OCH3 is 4.